The maximum atomic E-state index is 10.2. The van der Waals surface area contributed by atoms with Crippen LogP contribution in [0.2, 0.25) is 18.1 Å². The molecule has 0 heterocycles. The van der Waals surface area contributed by atoms with Gasteiger partial charge in [0.2, 0.25) is 0 Å². The van der Waals surface area contributed by atoms with Gasteiger partial charge in [-0.15, -0.1) is 0 Å². The van der Waals surface area contributed by atoms with Crippen LogP contribution in [0, 0.1) is 0 Å². The summed E-state index contributed by atoms with van der Waals surface area (Å²) in [5.41, 5.74) is 0. The third-order valence-corrected chi connectivity index (χ3v) is 8.21. The van der Waals surface area contributed by atoms with Crippen LogP contribution in [0.3, 0.4) is 0 Å². The number of hydrogen-bond acceptors (Lipinski definition) is 4. The van der Waals surface area contributed by atoms with Crippen LogP contribution in [0.15, 0.2) is 0 Å². The van der Waals surface area contributed by atoms with E-state index in [9.17, 15) is 4.80 Å². The number of rotatable bonds is 9. The van der Waals surface area contributed by atoms with Crippen LogP contribution in [-0.2, 0) is 26.2 Å². The van der Waals surface area contributed by atoms with Crippen molar-refractivity contribution in [3.8, 4) is 0 Å². The Labute approximate surface area is 191 Å². The van der Waals surface area contributed by atoms with Gasteiger partial charge in [-0.05, 0) is 58.2 Å². The topological polar surface area (TPSA) is 80.9 Å². The summed E-state index contributed by atoms with van der Waals surface area (Å²) >= 11 is 0. The van der Waals surface area contributed by atoms with Crippen LogP contribution in [0.5, 0.6) is 0 Å². The van der Waals surface area contributed by atoms with Crippen molar-refractivity contribution in [1.82, 2.24) is 0 Å². The second-order valence-corrected chi connectivity index (χ2v) is 11.2. The molecule has 0 aromatic carbocycles. The van der Waals surface area contributed by atoms with E-state index in [0.29, 0.717) is 0 Å². The third kappa shape index (κ3) is 46.7. The van der Waals surface area contributed by atoms with Gasteiger partial charge in [-0.25, -0.2) is 0 Å². The Morgan fingerprint density at radius 2 is 0.704 bits per heavy atom. The Balaban J connectivity index is -0.0000000858. The van der Waals surface area contributed by atoms with Crippen LogP contribution >= 0.6 is 0 Å². The summed E-state index contributed by atoms with van der Waals surface area (Å²) in [6.07, 6.45) is 5.70. The molecule has 0 fully saturated rings. The summed E-state index contributed by atoms with van der Waals surface area (Å²) in [5, 5.41) is 25.1. The van der Waals surface area contributed by atoms with Crippen molar-refractivity contribution in [3.63, 3.8) is 0 Å². The zero-order chi connectivity index (χ0) is 21.6. The molecule has 0 saturated carbocycles. The van der Waals surface area contributed by atoms with Gasteiger partial charge in [0.25, 0.3) is 0 Å². The minimum Gasteiger partial charge on any atom is -0.432 e. The summed E-state index contributed by atoms with van der Waals surface area (Å²) in [4.78, 5) is 10.2. The largest absolute Gasteiger partial charge is 0.432 e. The summed E-state index contributed by atoms with van der Waals surface area (Å²) in [6.45, 7) is 17.7. The van der Waals surface area contributed by atoms with Gasteiger partial charge < -0.3 is 20.1 Å². The number of hydrogen-bond donors (Lipinski definition) is 4. The molecule has 27 heavy (non-hydrogen) atoms. The van der Waals surface area contributed by atoms with Crippen LogP contribution < -0.4 is 0 Å². The zero-order valence-corrected chi connectivity index (χ0v) is 23.3. The molecular formula is C21H52O4SiZr. The molecule has 0 aliphatic carbocycles. The first-order chi connectivity index (χ1) is 12.0. The molecule has 0 saturated heterocycles. The fourth-order valence-corrected chi connectivity index (χ4v) is 5.31. The molecular weight excluding hydrogens is 436 g/mol. The molecule has 0 amide bonds. The molecule has 0 radical (unpaired) electrons. The van der Waals surface area contributed by atoms with E-state index in [4.69, 9.17) is 15.3 Å². The first-order valence-corrected chi connectivity index (χ1v) is 13.3. The average Bonchev–Trinajstić information content (AvgIpc) is 2.56. The van der Waals surface area contributed by atoms with Crippen molar-refractivity contribution in [1.29, 1.82) is 0 Å². The summed E-state index contributed by atoms with van der Waals surface area (Å²) < 4.78 is 0. The molecule has 6 heteroatoms. The minimum absolute atomic E-state index is 0. The normalized spacial score (nSPS) is 13.2. The Bertz CT molecular complexity index is 204. The Morgan fingerprint density at radius 1 is 0.556 bits per heavy atom. The smallest absolute Gasteiger partial charge is 0.188 e. The van der Waals surface area contributed by atoms with Gasteiger partial charge >= 0.3 is 0 Å². The quantitative estimate of drug-likeness (QED) is 0.324. The Hall–Kier alpha value is 0.940. The van der Waals surface area contributed by atoms with Crippen LogP contribution in [-0.4, -0.2) is 46.7 Å². The fraction of sp³-hybridized carbons (Fsp3) is 1.00. The second kappa shape index (κ2) is 29.1. The minimum atomic E-state index is -1.75. The van der Waals surface area contributed by atoms with Crippen molar-refractivity contribution in [2.75, 3.05) is 0 Å². The van der Waals surface area contributed by atoms with Gasteiger partial charge in [0.05, 0.1) is 18.3 Å². The van der Waals surface area contributed by atoms with Crippen molar-refractivity contribution >= 4 is 8.32 Å². The number of aliphatic hydroxyl groups excluding tert-OH is 3. The predicted octanol–water partition coefficient (Wildman–Crippen LogP) is 5.48. The van der Waals surface area contributed by atoms with Gasteiger partial charge in [-0.1, -0.05) is 60.8 Å². The van der Waals surface area contributed by atoms with Gasteiger partial charge in [-0.3, -0.25) is 0 Å². The Morgan fingerprint density at radius 3 is 0.778 bits per heavy atom. The van der Waals surface area contributed by atoms with Crippen LogP contribution in [0.4, 0.5) is 0 Å². The van der Waals surface area contributed by atoms with Crippen molar-refractivity contribution < 1.29 is 46.3 Å². The maximum absolute atomic E-state index is 10.2. The van der Waals surface area contributed by atoms with E-state index in [-0.39, 0.29) is 44.5 Å². The van der Waals surface area contributed by atoms with E-state index in [1.807, 2.05) is 20.8 Å². The summed E-state index contributed by atoms with van der Waals surface area (Å²) in [5.74, 6) is 0. The van der Waals surface area contributed by atoms with Gasteiger partial charge in [0, 0.05) is 26.2 Å². The average molecular weight is 488 g/mol. The van der Waals surface area contributed by atoms with Gasteiger partial charge in [-0.2, -0.15) is 0 Å². The molecule has 4 nitrogen and oxygen atoms in total. The van der Waals surface area contributed by atoms with E-state index >= 15 is 0 Å². The van der Waals surface area contributed by atoms with E-state index in [1.54, 1.807) is 20.8 Å². The second-order valence-electron chi connectivity index (χ2n) is 7.25. The van der Waals surface area contributed by atoms with Crippen molar-refractivity contribution in [2.24, 2.45) is 0 Å². The van der Waals surface area contributed by atoms with E-state index in [0.717, 1.165) is 56.7 Å². The molecule has 0 rings (SSSR count). The maximum Gasteiger partial charge on any atom is 0.188 e. The number of aliphatic hydroxyl groups is 3. The monoisotopic (exact) mass is 486 g/mol. The predicted molar refractivity (Wildman–Crippen MR) is 119 cm³/mol. The molecule has 0 aromatic rings. The molecule has 168 valence electrons. The first kappa shape index (κ1) is 38.5. The molecule has 0 bridgehead atoms. The third-order valence-electron chi connectivity index (χ3n) is 3.92. The molecule has 0 aromatic heterocycles. The zero-order valence-electron chi connectivity index (χ0n) is 19.9. The summed E-state index contributed by atoms with van der Waals surface area (Å²) in [6, 6.07) is 3.32. The van der Waals surface area contributed by atoms with E-state index < -0.39 is 8.32 Å². The van der Waals surface area contributed by atoms with Crippen LogP contribution in [0.1, 0.15) is 101 Å². The van der Waals surface area contributed by atoms with E-state index in [2.05, 4.69) is 20.8 Å². The molecule has 0 aliphatic heterocycles. The molecule has 3 atom stereocenters. The summed E-state index contributed by atoms with van der Waals surface area (Å²) in [7, 11) is -1.75. The SMILES string of the molecule is CCC(C)O.CCC(C)O.CCC(C)O.CCC[Si](O)(CCC)CCC.[Zr]. The van der Waals surface area contributed by atoms with E-state index in [1.165, 1.54) is 0 Å². The first-order valence-electron chi connectivity index (χ1n) is 10.8. The molecule has 4 N–H and O–H groups in total. The van der Waals surface area contributed by atoms with Gasteiger partial charge in [0.1, 0.15) is 0 Å². The molecule has 3 unspecified atom stereocenters. The molecule has 0 spiro atoms. The fourth-order valence-electron chi connectivity index (χ4n) is 1.77. The van der Waals surface area contributed by atoms with Crippen molar-refractivity contribution in [3.05, 3.63) is 0 Å². The van der Waals surface area contributed by atoms with Gasteiger partial charge in [0.15, 0.2) is 8.32 Å². The van der Waals surface area contributed by atoms with Crippen LogP contribution in [0.25, 0.3) is 0 Å². The Kier molecular flexibility index (Phi) is 41.6. The molecule has 0 aliphatic rings. The standard InChI is InChI=1S/C9H22OSi.3C4H10O.Zr/c1-4-7-11(10,8-5-2)9-6-3;3*1-3-4(2)5;/h10H,4-9H2,1-3H3;3*4-5H,3H2,1-2H3;. The van der Waals surface area contributed by atoms with Crippen molar-refractivity contribution in [2.45, 2.75) is 137 Å².